The highest BCUT2D eigenvalue weighted by Crippen LogP contribution is 2.45. The van der Waals surface area contributed by atoms with E-state index < -0.39 is 5.82 Å². The molecule has 3 aliphatic rings. The highest BCUT2D eigenvalue weighted by molar-refractivity contribution is 5.90. The number of nitriles is 1. The van der Waals surface area contributed by atoms with E-state index in [4.69, 9.17) is 4.74 Å². The molecule has 4 nitrogen and oxygen atoms in total. The Morgan fingerprint density at radius 1 is 1.36 bits per heavy atom. The van der Waals surface area contributed by atoms with Crippen LogP contribution < -0.4 is 10.2 Å². The summed E-state index contributed by atoms with van der Waals surface area (Å²) >= 11 is 0. The van der Waals surface area contributed by atoms with E-state index in [-0.39, 0.29) is 11.5 Å². The van der Waals surface area contributed by atoms with Gasteiger partial charge < -0.3 is 9.30 Å². The Hall–Kier alpha value is -3.39. The normalized spacial score (nSPS) is 13.3. The third-order valence-electron chi connectivity index (χ3n) is 5.14. The third kappa shape index (κ3) is 2.87. The summed E-state index contributed by atoms with van der Waals surface area (Å²) < 4.78 is 21.4. The maximum Gasteiger partial charge on any atom is 0.191 e. The first-order chi connectivity index (χ1) is 13.6. The number of fused-ring (bicyclic) bond motifs is 1. The van der Waals surface area contributed by atoms with Crippen LogP contribution in [0.2, 0.25) is 0 Å². The summed E-state index contributed by atoms with van der Waals surface area (Å²) in [5.41, 5.74) is 3.28. The van der Waals surface area contributed by atoms with Gasteiger partial charge in [-0.05, 0) is 37.0 Å². The minimum Gasteiger partial charge on any atom is -0.496 e. The lowest BCUT2D eigenvalue weighted by molar-refractivity contribution is 0.410. The fourth-order valence-electron chi connectivity index (χ4n) is 3.77. The van der Waals surface area contributed by atoms with Gasteiger partial charge >= 0.3 is 0 Å². The van der Waals surface area contributed by atoms with E-state index in [9.17, 15) is 14.4 Å². The molecule has 1 aromatic rings. The van der Waals surface area contributed by atoms with Crippen LogP contribution in [0.5, 0.6) is 5.75 Å². The maximum absolute atomic E-state index is 14.0. The zero-order chi connectivity index (χ0) is 19.8. The fourth-order valence-corrected chi connectivity index (χ4v) is 3.77. The molecule has 0 N–H and O–H groups in total. The Bertz CT molecular complexity index is 1150. The molecule has 0 atom stereocenters. The first-order valence-electron chi connectivity index (χ1n) is 9.14. The second kappa shape index (κ2) is 6.97. The molecule has 0 amide bonds. The van der Waals surface area contributed by atoms with E-state index in [1.807, 2.05) is 4.57 Å². The van der Waals surface area contributed by atoms with Crippen molar-refractivity contribution in [1.82, 2.24) is 4.57 Å². The first-order valence-corrected chi connectivity index (χ1v) is 9.14. The topological polar surface area (TPSA) is 55.0 Å². The summed E-state index contributed by atoms with van der Waals surface area (Å²) in [6.45, 7) is 3.81. The summed E-state index contributed by atoms with van der Waals surface area (Å²) in [6.07, 6.45) is 5.86. The van der Waals surface area contributed by atoms with Gasteiger partial charge in [0.15, 0.2) is 5.43 Å². The van der Waals surface area contributed by atoms with Crippen LogP contribution in [0.25, 0.3) is 22.3 Å². The number of pyridine rings is 1. The molecular weight excluding hydrogens is 355 g/mol. The van der Waals surface area contributed by atoms with Crippen LogP contribution in [0.15, 0.2) is 54.0 Å². The molecule has 0 bridgehead atoms. The Morgan fingerprint density at radius 3 is 2.75 bits per heavy atom. The lowest BCUT2D eigenvalue weighted by atomic mass is 9.87. The number of hydrogen-bond donors (Lipinski definition) is 0. The van der Waals surface area contributed by atoms with E-state index in [1.54, 1.807) is 24.4 Å². The molecule has 0 aromatic heterocycles. The lowest BCUT2D eigenvalue weighted by Gasteiger charge is -2.23. The van der Waals surface area contributed by atoms with Crippen molar-refractivity contribution in [2.24, 2.45) is 0 Å². The molecule has 1 saturated carbocycles. The number of halogens is 1. The molecule has 5 heteroatoms. The average molecular weight is 374 g/mol. The van der Waals surface area contributed by atoms with Crippen molar-refractivity contribution < 1.29 is 9.13 Å². The van der Waals surface area contributed by atoms with Crippen LogP contribution in [-0.2, 0) is 6.42 Å². The fraction of sp³-hybridized carbons (Fsp3) is 0.217. The van der Waals surface area contributed by atoms with Crippen LogP contribution in [0.3, 0.4) is 0 Å². The number of aromatic nitrogens is 1. The van der Waals surface area contributed by atoms with Crippen molar-refractivity contribution >= 4 is 0 Å². The quantitative estimate of drug-likeness (QED) is 0.608. The molecule has 0 saturated heterocycles. The van der Waals surface area contributed by atoms with Crippen LogP contribution >= 0.6 is 0 Å². The maximum atomic E-state index is 14.0. The zero-order valence-electron chi connectivity index (χ0n) is 15.5. The van der Waals surface area contributed by atoms with Crippen molar-refractivity contribution in [2.45, 2.75) is 25.3 Å². The smallest absolute Gasteiger partial charge is 0.191 e. The molecule has 0 spiro atoms. The zero-order valence-corrected chi connectivity index (χ0v) is 15.5. The number of benzene rings is 2. The monoisotopic (exact) mass is 374 g/mol. The van der Waals surface area contributed by atoms with Gasteiger partial charge in [-0.15, -0.1) is 6.58 Å². The summed E-state index contributed by atoms with van der Waals surface area (Å²) in [4.78, 5) is 12.9. The Labute approximate surface area is 162 Å². The molecule has 4 rings (SSSR count). The van der Waals surface area contributed by atoms with E-state index in [0.717, 1.165) is 18.4 Å². The first kappa shape index (κ1) is 18.0. The molecule has 0 radical (unpaired) electrons. The van der Waals surface area contributed by atoms with E-state index >= 15 is 0 Å². The molecule has 0 unspecified atom stereocenters. The number of hydrogen-bond acceptors (Lipinski definition) is 3. The molecule has 1 aliphatic heterocycles. The average Bonchev–Trinajstić information content (AvgIpc) is 3.53. The van der Waals surface area contributed by atoms with Gasteiger partial charge in [-0.3, -0.25) is 4.79 Å². The molecule has 28 heavy (non-hydrogen) atoms. The minimum absolute atomic E-state index is 0.184. The number of allylic oxidation sites excluding steroid dienone is 1. The number of rotatable bonds is 5. The molecule has 1 fully saturated rings. The number of methoxy groups -OCH3 is 1. The van der Waals surface area contributed by atoms with Gasteiger partial charge in [0.05, 0.1) is 7.11 Å². The van der Waals surface area contributed by atoms with Crippen molar-refractivity contribution in [2.75, 3.05) is 7.11 Å². The summed E-state index contributed by atoms with van der Waals surface area (Å²) in [6, 6.07) is 10.1. The van der Waals surface area contributed by atoms with Crippen molar-refractivity contribution in [3.63, 3.8) is 0 Å². The van der Waals surface area contributed by atoms with E-state index in [0.29, 0.717) is 40.1 Å². The van der Waals surface area contributed by atoms with E-state index in [2.05, 4.69) is 12.6 Å². The highest BCUT2D eigenvalue weighted by Gasteiger charge is 2.31. The van der Waals surface area contributed by atoms with Gasteiger partial charge in [-0.25, -0.2) is 4.39 Å². The molecule has 2 aliphatic carbocycles. The summed E-state index contributed by atoms with van der Waals surface area (Å²) in [5, 5.41) is 9.99. The van der Waals surface area contributed by atoms with Gasteiger partial charge in [-0.1, -0.05) is 18.2 Å². The largest absolute Gasteiger partial charge is 0.496 e. The van der Waals surface area contributed by atoms with Gasteiger partial charge in [0.2, 0.25) is 0 Å². The Kier molecular flexibility index (Phi) is 4.48. The van der Waals surface area contributed by atoms with Crippen LogP contribution in [0.1, 0.15) is 30.1 Å². The third-order valence-corrected chi connectivity index (χ3v) is 5.14. The molecule has 1 aromatic carbocycles. The lowest BCUT2D eigenvalue weighted by Crippen LogP contribution is -2.16. The van der Waals surface area contributed by atoms with Crippen molar-refractivity contribution in [3.05, 3.63) is 76.5 Å². The minimum atomic E-state index is -0.396. The van der Waals surface area contributed by atoms with Crippen molar-refractivity contribution in [1.29, 1.82) is 5.26 Å². The summed E-state index contributed by atoms with van der Waals surface area (Å²) in [7, 11) is 1.51. The van der Waals surface area contributed by atoms with Crippen LogP contribution in [0, 0.1) is 17.1 Å². The predicted molar refractivity (Wildman–Crippen MR) is 106 cm³/mol. The SMILES string of the molecule is C=CCc1c(OC)cc(=O)c2cn(C3CC3)c(C#N)c(-c3cccc(F)c3)c1-2. The van der Waals surface area contributed by atoms with Crippen molar-refractivity contribution in [3.8, 4) is 34.1 Å². The van der Waals surface area contributed by atoms with Crippen LogP contribution in [-0.4, -0.2) is 11.7 Å². The molecule has 140 valence electrons. The second-order valence-corrected chi connectivity index (χ2v) is 6.95. The number of nitrogens with zero attached hydrogens (tertiary/aromatic N) is 2. The Morgan fingerprint density at radius 2 is 2.14 bits per heavy atom. The highest BCUT2D eigenvalue weighted by atomic mass is 19.1. The van der Waals surface area contributed by atoms with Gasteiger partial charge in [0, 0.05) is 40.6 Å². The molecule has 1 heterocycles. The Balaban J connectivity index is 2.22. The predicted octanol–water partition coefficient (Wildman–Crippen LogP) is 4.70. The second-order valence-electron chi connectivity index (χ2n) is 6.95. The molecular formula is C23H19FN2O2. The van der Waals surface area contributed by atoms with Crippen LogP contribution in [0.4, 0.5) is 4.39 Å². The van der Waals surface area contributed by atoms with Gasteiger partial charge in [0.1, 0.15) is 23.3 Å². The van der Waals surface area contributed by atoms with Gasteiger partial charge in [0.25, 0.3) is 0 Å². The van der Waals surface area contributed by atoms with Gasteiger partial charge in [-0.2, -0.15) is 5.26 Å². The number of ether oxygens (including phenoxy) is 1. The standard InChI is InChI=1S/C23H19FN2O2/c1-3-5-17-21(28-2)11-20(27)18-13-26(16-8-9-16)19(12-25)22(23(17)18)14-6-4-7-15(24)10-14/h3-4,6-7,10-11,13,16H,1,5,8-9H2,2H3. The van der Waals surface area contributed by atoms with E-state index in [1.165, 1.54) is 25.3 Å². The summed E-state index contributed by atoms with van der Waals surface area (Å²) in [5.74, 6) is 0.0509.